The maximum atomic E-state index is 13.4. The Morgan fingerprint density at radius 3 is 1.56 bits per heavy atom. The van der Waals surface area contributed by atoms with Crippen LogP contribution < -0.4 is 26.6 Å². The Bertz CT molecular complexity index is 3680. The number of aliphatic imine (C=N–C) groups is 2. The van der Waals surface area contributed by atoms with Crippen LogP contribution in [0.4, 0.5) is 11.4 Å². The molecule has 14 nitrogen and oxygen atoms in total. The maximum Gasteiger partial charge on any atom is 0.494 e. The maximum absolute atomic E-state index is 13.4. The van der Waals surface area contributed by atoms with Crippen molar-refractivity contribution in [2.45, 2.75) is 63.8 Å². The van der Waals surface area contributed by atoms with Crippen LogP contribution >= 0.6 is 66.7 Å². The topological polar surface area (TPSA) is 181 Å². The minimum absolute atomic E-state index is 0. The molecule has 2 aromatic heterocycles. The van der Waals surface area contributed by atoms with E-state index in [1.807, 2.05) is 125 Å². The van der Waals surface area contributed by atoms with Gasteiger partial charge < -0.3 is 39.0 Å². The number of anilines is 2. The number of fused-ring (bicyclic) bond motifs is 4. The van der Waals surface area contributed by atoms with Crippen molar-refractivity contribution in [2.24, 2.45) is 9.98 Å². The summed E-state index contributed by atoms with van der Waals surface area (Å²) in [5, 5.41) is 1.41. The molecule has 8 aromatic rings. The van der Waals surface area contributed by atoms with E-state index < -0.39 is 19.2 Å². The van der Waals surface area contributed by atoms with Gasteiger partial charge in [0.05, 0.1) is 50.4 Å². The molecule has 4 N–H and O–H groups in total. The summed E-state index contributed by atoms with van der Waals surface area (Å²) in [7, 11) is 3.08. The number of nitrogens with one attached hydrogen (secondary N) is 4. The van der Waals surface area contributed by atoms with Crippen LogP contribution in [-0.4, -0.2) is 87.1 Å². The second-order valence-electron chi connectivity index (χ2n) is 18.9. The largest absolute Gasteiger partial charge is 0.494 e. The van der Waals surface area contributed by atoms with Crippen molar-refractivity contribution in [3.05, 3.63) is 189 Å². The third-order valence-corrected chi connectivity index (χ3v) is 15.8. The zero-order valence-electron chi connectivity index (χ0n) is 41.1. The second kappa shape index (κ2) is 22.7. The fourth-order valence-electron chi connectivity index (χ4n) is 8.78. The number of aromatic nitrogens is 4. The van der Waals surface area contributed by atoms with E-state index in [0.29, 0.717) is 56.1 Å². The molecule has 0 bridgehead atoms. The van der Waals surface area contributed by atoms with Gasteiger partial charge in [-0.3, -0.25) is 19.6 Å². The molecule has 5 heterocycles. The molecule has 1 fully saturated rings. The van der Waals surface area contributed by atoms with Crippen LogP contribution in [0.5, 0.6) is 0 Å². The van der Waals surface area contributed by atoms with Gasteiger partial charge in [-0.2, -0.15) is 0 Å². The van der Waals surface area contributed by atoms with E-state index in [2.05, 4.69) is 56.8 Å². The van der Waals surface area contributed by atoms with Crippen LogP contribution in [0.2, 0.25) is 10.0 Å². The van der Waals surface area contributed by atoms with Crippen molar-refractivity contribution in [1.82, 2.24) is 19.9 Å². The molecular weight excluding hydrogens is 1240 g/mol. The van der Waals surface area contributed by atoms with Gasteiger partial charge in [0.25, 0.3) is 11.8 Å². The summed E-state index contributed by atoms with van der Waals surface area (Å²) in [6.45, 7) is 8.07. The number of benzodiazepines with no additional fused rings is 2. The summed E-state index contributed by atoms with van der Waals surface area (Å²) in [5.41, 5.74) is 8.95. The molecule has 21 heteroatoms. The van der Waals surface area contributed by atoms with Gasteiger partial charge in [0.15, 0.2) is 0 Å². The number of benzene rings is 6. The van der Waals surface area contributed by atoms with Crippen molar-refractivity contribution in [3.8, 4) is 0 Å². The number of hydrogen-bond donors (Lipinski definition) is 4. The molecule has 0 spiro atoms. The van der Waals surface area contributed by atoms with Crippen LogP contribution in [0.1, 0.15) is 55.5 Å². The van der Waals surface area contributed by atoms with Crippen molar-refractivity contribution >= 4 is 135 Å². The number of halogens is 5. The standard InChI is InChI=1S/C24H18BrClN4O2.C17H13BrCl2N2O.C13H17BN2O3.Pd/c1-30-21-9-7-15(26)12-16(21)22(14-6-8-18-19(11-14)29-24(32)28-18)27-20(23(30)31)10-13-4-2-3-5-17(13)25;1-22-15-7-6-11(19)9-12(15)16(20)21-14(17(22)23)8-10-4-2-3-5-13(10)18;1-12(2)13(3,4)19-14(18-12)8-5-6-9-10(7-8)16-11(17)15-9;/h2-9,11-12,20H,10H2,1H3,(H2,28,29,32);2-7,9,14H,8H2,1H3;5-7H,1-4H3,(H2,15,16,17);. The smallest absolute Gasteiger partial charge is 0.399 e. The summed E-state index contributed by atoms with van der Waals surface area (Å²) in [6.07, 6.45) is 0.918. The minimum atomic E-state index is -0.624. The van der Waals surface area contributed by atoms with E-state index >= 15 is 0 Å². The molecule has 3 aliphatic heterocycles. The van der Waals surface area contributed by atoms with E-state index in [1.165, 1.54) is 0 Å². The second-order valence-corrected chi connectivity index (χ2v) is 21.9. The van der Waals surface area contributed by atoms with Crippen LogP contribution in [0, 0.1) is 0 Å². The fraction of sp³-hybridized carbons (Fsp3) is 0.222. The molecule has 1 saturated heterocycles. The molecule has 2 amide bonds. The van der Waals surface area contributed by atoms with Gasteiger partial charge in [-0.15, -0.1) is 0 Å². The van der Waals surface area contributed by atoms with Crippen molar-refractivity contribution < 1.29 is 39.3 Å². The number of H-pyrrole nitrogens is 4. The first kappa shape index (κ1) is 55.8. The Kier molecular flexibility index (Phi) is 16.9. The first-order valence-electron chi connectivity index (χ1n) is 23.4. The molecule has 2 atom stereocenters. The van der Waals surface area contributed by atoms with Crippen molar-refractivity contribution in [2.75, 3.05) is 23.9 Å². The van der Waals surface area contributed by atoms with Crippen LogP contribution in [-0.2, 0) is 52.2 Å². The average molecular weight is 1290 g/mol. The number of imidazole rings is 2. The normalized spacial score (nSPS) is 17.6. The number of hydrogen-bond acceptors (Lipinski definition) is 8. The molecule has 11 rings (SSSR count). The van der Waals surface area contributed by atoms with Crippen LogP contribution in [0.25, 0.3) is 22.1 Å². The van der Waals surface area contributed by atoms with E-state index in [-0.39, 0.29) is 54.8 Å². The van der Waals surface area contributed by atoms with E-state index in [4.69, 9.17) is 49.1 Å². The first-order valence-corrected chi connectivity index (χ1v) is 26.1. The Morgan fingerprint density at radius 1 is 0.573 bits per heavy atom. The number of nitrogens with zero attached hydrogens (tertiary/aromatic N) is 4. The number of likely N-dealkylation sites (N-methyl/N-ethyl adjacent to an activating group) is 2. The Hall–Kier alpha value is -5.38. The number of rotatable bonds is 6. The number of amides is 2. The number of carbonyl (C=O) groups excluding carboxylic acids is 2. The Balaban J connectivity index is 0.000000154. The summed E-state index contributed by atoms with van der Waals surface area (Å²) < 4.78 is 13.8. The van der Waals surface area contributed by atoms with Gasteiger partial charge in [-0.25, -0.2) is 9.59 Å². The Morgan fingerprint density at radius 2 is 1.03 bits per heavy atom. The predicted molar refractivity (Wildman–Crippen MR) is 305 cm³/mol. The first-order chi connectivity index (χ1) is 35.2. The molecular formula is C54H48BBr2Cl3N8O6Pd. The molecule has 0 radical (unpaired) electrons. The minimum Gasteiger partial charge on any atom is -0.399 e. The SMILES string of the molecule is CC1(C)OB(c2ccc3[nH]c(=O)[nH]c3c2)OC1(C)C.CN1C(=O)C(Cc2ccccc2Br)N=C(Cl)c2cc(Cl)ccc21.CN1C(=O)C(Cc2ccccc2Br)N=C(c2ccc3[nH]c(=O)[nH]c3c2)c2cc(Cl)ccc21.[Pd]. The van der Waals surface area contributed by atoms with Crippen molar-refractivity contribution in [3.63, 3.8) is 0 Å². The molecule has 0 saturated carbocycles. The van der Waals surface area contributed by atoms with E-state index in [0.717, 1.165) is 53.4 Å². The monoisotopic (exact) mass is 1280 g/mol. The molecule has 75 heavy (non-hydrogen) atoms. The van der Waals surface area contributed by atoms with Gasteiger partial charge in [0.2, 0.25) is 0 Å². The average Bonchev–Trinajstić information content (AvgIpc) is 3.97. The van der Waals surface area contributed by atoms with Crippen molar-refractivity contribution in [1.29, 1.82) is 0 Å². The zero-order chi connectivity index (χ0) is 52.8. The molecule has 3 aliphatic rings. The molecule has 2 unspecified atom stereocenters. The van der Waals surface area contributed by atoms with E-state index in [9.17, 15) is 19.2 Å². The van der Waals surface area contributed by atoms with Gasteiger partial charge >= 0.3 is 18.5 Å². The number of carbonyl (C=O) groups is 2. The summed E-state index contributed by atoms with van der Waals surface area (Å²) in [6, 6.07) is 36.3. The predicted octanol–water partition coefficient (Wildman–Crippen LogP) is 10.5. The van der Waals surface area contributed by atoms with Gasteiger partial charge in [-0.1, -0.05) is 115 Å². The van der Waals surface area contributed by atoms with E-state index in [1.54, 1.807) is 48.2 Å². The van der Waals surface area contributed by atoms with Gasteiger partial charge in [0, 0.05) is 83.0 Å². The third kappa shape index (κ3) is 12.0. The quantitative estimate of drug-likeness (QED) is 0.120. The number of aromatic amines is 4. The molecule has 6 aromatic carbocycles. The fourth-order valence-corrected chi connectivity index (χ4v) is 10.3. The third-order valence-electron chi connectivity index (χ3n) is 13.5. The molecule has 388 valence electrons. The zero-order valence-corrected chi connectivity index (χ0v) is 48.1. The van der Waals surface area contributed by atoms with Gasteiger partial charge in [-0.05, 0) is 117 Å². The van der Waals surface area contributed by atoms with Crippen LogP contribution in [0.15, 0.2) is 150 Å². The summed E-state index contributed by atoms with van der Waals surface area (Å²) >= 11 is 25.8. The summed E-state index contributed by atoms with van der Waals surface area (Å²) in [5.74, 6) is -0.199. The van der Waals surface area contributed by atoms with Crippen LogP contribution in [0.3, 0.4) is 0 Å². The Labute approximate surface area is 477 Å². The summed E-state index contributed by atoms with van der Waals surface area (Å²) in [4.78, 5) is 72.8. The van der Waals surface area contributed by atoms with Gasteiger partial charge in [0.1, 0.15) is 17.3 Å². The molecule has 0 aliphatic carbocycles.